The number of hydrogen-bond donors (Lipinski definition) is 0. The van der Waals surface area contributed by atoms with Crippen LogP contribution in [-0.4, -0.2) is 0 Å². The molecule has 0 bridgehead atoms. The Hall–Kier alpha value is 0.0600. The van der Waals surface area contributed by atoms with Crippen LogP contribution in [0.4, 0.5) is 0 Å². The number of rotatable bonds is 1. The fourth-order valence-electron chi connectivity index (χ4n) is 0.136. The lowest BCUT2D eigenvalue weighted by Gasteiger charge is -1.56. The molecule has 0 radical (unpaired) electrons. The van der Waals surface area contributed by atoms with Crippen LogP contribution in [0, 0.1) is 0 Å². The largest absolute Gasteiger partial charge is 0.147 e. The van der Waals surface area contributed by atoms with Gasteiger partial charge in [0, 0.05) is 0 Å². The van der Waals surface area contributed by atoms with Gasteiger partial charge in [-0.1, -0.05) is 24.8 Å². The molecule has 0 atom stereocenters. The highest BCUT2D eigenvalue weighted by atomic mass is 35.5. The van der Waals surface area contributed by atoms with Crippen LogP contribution in [0.25, 0.3) is 0 Å². The lowest BCUT2D eigenvalue weighted by atomic mass is 10.5. The zero-order valence-electron chi connectivity index (χ0n) is 4.26. The van der Waals surface area contributed by atoms with E-state index >= 15 is 0 Å². The standard InChI is InChI=1S/C5H8.2ClH/c1-3-5-4-2;;/h3-5H,1H2,2H3;2*1H. The maximum atomic E-state index is 3.46. The molecule has 0 aliphatic rings. The average molecular weight is 141 g/mol. The van der Waals surface area contributed by atoms with Gasteiger partial charge in [-0.3, -0.25) is 0 Å². The predicted molar refractivity (Wildman–Crippen MR) is 39.5 cm³/mol. The fraction of sp³-hybridized carbons (Fsp3) is 0.200. The van der Waals surface area contributed by atoms with Gasteiger partial charge < -0.3 is 0 Å². The highest BCUT2D eigenvalue weighted by Crippen LogP contribution is 1.64. The zero-order chi connectivity index (χ0) is 4.12. The number of allylic oxidation sites excluding steroid dienone is 3. The summed E-state index contributed by atoms with van der Waals surface area (Å²) in [7, 11) is 0. The molecule has 0 unspecified atom stereocenters. The summed E-state index contributed by atoms with van der Waals surface area (Å²) in [6.45, 7) is 5.42. The van der Waals surface area contributed by atoms with Crippen molar-refractivity contribution in [1.29, 1.82) is 0 Å². The Morgan fingerprint density at radius 3 is 1.71 bits per heavy atom. The first-order valence-corrected chi connectivity index (χ1v) is 1.65. The molecule has 0 spiro atoms. The van der Waals surface area contributed by atoms with Gasteiger partial charge >= 0.3 is 0 Å². The van der Waals surface area contributed by atoms with E-state index in [2.05, 4.69) is 6.58 Å². The van der Waals surface area contributed by atoms with Crippen molar-refractivity contribution >= 4 is 24.8 Å². The van der Waals surface area contributed by atoms with E-state index in [1.165, 1.54) is 0 Å². The third-order valence-electron chi connectivity index (χ3n) is 0.329. The summed E-state index contributed by atoms with van der Waals surface area (Å²) in [4.78, 5) is 0. The van der Waals surface area contributed by atoms with Gasteiger partial charge in [-0.2, -0.15) is 0 Å². The third-order valence-corrected chi connectivity index (χ3v) is 0.329. The number of halogens is 2. The minimum Gasteiger partial charge on any atom is -0.147 e. The molecule has 0 aliphatic carbocycles. The summed E-state index contributed by atoms with van der Waals surface area (Å²) in [5.74, 6) is 0. The molecule has 0 aromatic rings. The SMILES string of the molecule is C=CC=CC.Cl.Cl. The molecule has 2 heteroatoms. The van der Waals surface area contributed by atoms with Gasteiger partial charge in [-0.25, -0.2) is 0 Å². The molecule has 0 fully saturated rings. The Kier molecular flexibility index (Phi) is 37.2. The molecule has 0 rings (SSSR count). The molecule has 0 aromatic carbocycles. The molecule has 0 aromatic heterocycles. The van der Waals surface area contributed by atoms with E-state index in [0.29, 0.717) is 0 Å². The van der Waals surface area contributed by atoms with E-state index in [-0.39, 0.29) is 24.8 Å². The van der Waals surface area contributed by atoms with Crippen molar-refractivity contribution in [1.82, 2.24) is 0 Å². The predicted octanol–water partition coefficient (Wildman–Crippen LogP) is 2.59. The van der Waals surface area contributed by atoms with Crippen LogP contribution < -0.4 is 0 Å². The molecule has 7 heavy (non-hydrogen) atoms. The molecule has 0 amide bonds. The molecule has 0 saturated carbocycles. The van der Waals surface area contributed by atoms with E-state index in [4.69, 9.17) is 0 Å². The van der Waals surface area contributed by atoms with E-state index in [1.54, 1.807) is 6.08 Å². The Bertz CT molecular complexity index is 48.0. The molecule has 0 N–H and O–H groups in total. The molecule has 44 valence electrons. The van der Waals surface area contributed by atoms with Crippen molar-refractivity contribution in [3.63, 3.8) is 0 Å². The van der Waals surface area contributed by atoms with Gasteiger partial charge in [0.15, 0.2) is 0 Å². The topological polar surface area (TPSA) is 0 Å². The summed E-state index contributed by atoms with van der Waals surface area (Å²) in [6.07, 6.45) is 5.58. The third kappa shape index (κ3) is 23.5. The van der Waals surface area contributed by atoms with Crippen molar-refractivity contribution in [3.8, 4) is 0 Å². The minimum absolute atomic E-state index is 0. The van der Waals surface area contributed by atoms with Crippen LogP contribution in [0.15, 0.2) is 24.8 Å². The smallest absolute Gasteiger partial charge is 0.0467 e. The molecule has 0 nitrogen and oxygen atoms in total. The Morgan fingerprint density at radius 1 is 1.29 bits per heavy atom. The van der Waals surface area contributed by atoms with E-state index in [0.717, 1.165) is 0 Å². The van der Waals surface area contributed by atoms with Gasteiger partial charge in [0.1, 0.15) is 0 Å². The van der Waals surface area contributed by atoms with Gasteiger partial charge in [0.2, 0.25) is 0 Å². The summed E-state index contributed by atoms with van der Waals surface area (Å²) in [5, 5.41) is 0. The van der Waals surface area contributed by atoms with Crippen LogP contribution in [0.2, 0.25) is 0 Å². The summed E-state index contributed by atoms with van der Waals surface area (Å²) in [5.41, 5.74) is 0. The quantitative estimate of drug-likeness (QED) is 0.492. The van der Waals surface area contributed by atoms with Crippen LogP contribution in [0.1, 0.15) is 6.92 Å². The fourth-order valence-corrected chi connectivity index (χ4v) is 0.136. The maximum absolute atomic E-state index is 3.46. The Labute approximate surface area is 57.1 Å². The molecular weight excluding hydrogens is 131 g/mol. The first-order chi connectivity index (χ1) is 2.41. The monoisotopic (exact) mass is 140 g/mol. The second kappa shape index (κ2) is 16.6. The van der Waals surface area contributed by atoms with Gasteiger partial charge in [0.05, 0.1) is 0 Å². The van der Waals surface area contributed by atoms with Crippen molar-refractivity contribution in [2.24, 2.45) is 0 Å². The molecular formula is C5H10Cl2. The van der Waals surface area contributed by atoms with Crippen LogP contribution in [-0.2, 0) is 0 Å². The normalized spacial score (nSPS) is 6.43. The van der Waals surface area contributed by atoms with Crippen LogP contribution in [0.3, 0.4) is 0 Å². The summed E-state index contributed by atoms with van der Waals surface area (Å²) in [6, 6.07) is 0. The number of hydrogen-bond acceptors (Lipinski definition) is 0. The van der Waals surface area contributed by atoms with Crippen molar-refractivity contribution in [2.45, 2.75) is 6.92 Å². The average Bonchev–Trinajstić information content (AvgIpc) is 1.41. The molecule has 0 saturated heterocycles. The van der Waals surface area contributed by atoms with Crippen LogP contribution in [0.5, 0.6) is 0 Å². The van der Waals surface area contributed by atoms with E-state index in [9.17, 15) is 0 Å². The Balaban J connectivity index is -0.0000000800. The lowest BCUT2D eigenvalue weighted by molar-refractivity contribution is 1.74. The highest BCUT2D eigenvalue weighted by Gasteiger charge is 1.42. The first kappa shape index (κ1) is 15.7. The van der Waals surface area contributed by atoms with E-state index < -0.39 is 0 Å². The van der Waals surface area contributed by atoms with Crippen molar-refractivity contribution < 1.29 is 0 Å². The van der Waals surface area contributed by atoms with Crippen molar-refractivity contribution in [3.05, 3.63) is 24.8 Å². The lowest BCUT2D eigenvalue weighted by Crippen LogP contribution is -1.33. The second-order valence-electron chi connectivity index (χ2n) is 0.761. The van der Waals surface area contributed by atoms with Gasteiger partial charge in [-0.05, 0) is 6.92 Å². The van der Waals surface area contributed by atoms with Crippen LogP contribution >= 0.6 is 24.8 Å². The zero-order valence-corrected chi connectivity index (χ0v) is 5.89. The maximum Gasteiger partial charge on any atom is -0.0467 e. The highest BCUT2D eigenvalue weighted by molar-refractivity contribution is 5.85. The van der Waals surface area contributed by atoms with Gasteiger partial charge in [-0.15, -0.1) is 24.8 Å². The second-order valence-corrected chi connectivity index (χ2v) is 0.761. The minimum atomic E-state index is 0. The van der Waals surface area contributed by atoms with E-state index in [1.807, 2.05) is 19.1 Å². The first-order valence-electron chi connectivity index (χ1n) is 1.65. The molecule has 0 aliphatic heterocycles. The van der Waals surface area contributed by atoms with Crippen molar-refractivity contribution in [2.75, 3.05) is 0 Å². The summed E-state index contributed by atoms with van der Waals surface area (Å²) < 4.78 is 0. The Morgan fingerprint density at radius 2 is 1.71 bits per heavy atom. The van der Waals surface area contributed by atoms with Gasteiger partial charge in [0.25, 0.3) is 0 Å². The summed E-state index contributed by atoms with van der Waals surface area (Å²) >= 11 is 0. The molecule has 0 heterocycles.